The Morgan fingerprint density at radius 3 is 2.72 bits per heavy atom. The predicted octanol–water partition coefficient (Wildman–Crippen LogP) is 1.93. The number of fused-ring (bicyclic) bond motifs is 1. The van der Waals surface area contributed by atoms with Gasteiger partial charge in [-0.2, -0.15) is 0 Å². The molecule has 96 valence electrons. The van der Waals surface area contributed by atoms with Crippen LogP contribution >= 0.6 is 0 Å². The van der Waals surface area contributed by atoms with Crippen LogP contribution in [0, 0.1) is 0 Å². The Balaban J connectivity index is 2.72. The number of nitrogens with two attached hydrogens (primary N) is 1. The van der Waals surface area contributed by atoms with Gasteiger partial charge >= 0.3 is 5.97 Å². The summed E-state index contributed by atoms with van der Waals surface area (Å²) in [6.45, 7) is 6.28. The summed E-state index contributed by atoms with van der Waals surface area (Å²) in [5, 5.41) is 9.60. The van der Waals surface area contributed by atoms with Crippen LogP contribution in [-0.2, 0) is 5.41 Å². The molecule has 0 amide bonds. The second-order valence-corrected chi connectivity index (χ2v) is 4.90. The van der Waals surface area contributed by atoms with Gasteiger partial charge in [0.15, 0.2) is 0 Å². The Kier molecular flexibility index (Phi) is 2.73. The van der Waals surface area contributed by atoms with Gasteiger partial charge < -0.3 is 15.8 Å². The van der Waals surface area contributed by atoms with Crippen LogP contribution in [0.1, 0.15) is 43.4 Å². The molecule has 0 bridgehead atoms. The molecule has 2 aromatic heterocycles. The molecule has 0 fully saturated rings. The lowest BCUT2D eigenvalue weighted by Gasteiger charge is -2.22. The van der Waals surface area contributed by atoms with Crippen molar-refractivity contribution in [1.82, 2.24) is 15.0 Å². The summed E-state index contributed by atoms with van der Waals surface area (Å²) in [7, 11) is 0. The number of carboxylic acids is 1. The van der Waals surface area contributed by atoms with E-state index in [9.17, 15) is 4.79 Å². The molecule has 0 aliphatic carbocycles. The van der Waals surface area contributed by atoms with Gasteiger partial charge in [-0.25, -0.2) is 14.8 Å². The highest BCUT2D eigenvalue weighted by Gasteiger charge is 2.25. The normalized spacial score (nSPS) is 11.9. The van der Waals surface area contributed by atoms with Crippen LogP contribution < -0.4 is 5.73 Å². The zero-order chi connectivity index (χ0) is 13.5. The van der Waals surface area contributed by atoms with E-state index in [1.807, 2.05) is 6.20 Å². The van der Waals surface area contributed by atoms with E-state index < -0.39 is 5.97 Å². The first-order chi connectivity index (χ1) is 8.36. The largest absolute Gasteiger partial charge is 0.475 e. The second-order valence-electron chi connectivity index (χ2n) is 4.90. The third-order valence-corrected chi connectivity index (χ3v) is 3.36. The molecule has 0 saturated carbocycles. The Morgan fingerprint density at radius 1 is 1.50 bits per heavy atom. The number of aromatic amines is 1. The van der Waals surface area contributed by atoms with E-state index in [2.05, 4.69) is 35.7 Å². The molecule has 6 nitrogen and oxygen atoms in total. The standard InChI is InChI=1S/C12H16N4O2/c1-4-12(2,3)6-5-14-9-7(6)8(13)15-10(16-9)11(17)18/h5H,4H2,1-3H3,(H,17,18)(H3,13,14,15,16). The number of anilines is 1. The van der Waals surface area contributed by atoms with Crippen molar-refractivity contribution >= 4 is 22.8 Å². The number of hydrogen-bond donors (Lipinski definition) is 3. The predicted molar refractivity (Wildman–Crippen MR) is 68.6 cm³/mol. The molecule has 0 aliphatic rings. The van der Waals surface area contributed by atoms with E-state index in [4.69, 9.17) is 10.8 Å². The van der Waals surface area contributed by atoms with Crippen molar-refractivity contribution in [3.05, 3.63) is 17.6 Å². The van der Waals surface area contributed by atoms with Crippen LogP contribution in [0.2, 0.25) is 0 Å². The van der Waals surface area contributed by atoms with Crippen LogP contribution in [-0.4, -0.2) is 26.0 Å². The first-order valence-corrected chi connectivity index (χ1v) is 5.75. The number of nitrogens with zero attached hydrogens (tertiary/aromatic N) is 2. The number of aromatic nitrogens is 3. The van der Waals surface area contributed by atoms with Gasteiger partial charge in [-0.05, 0) is 17.4 Å². The lowest BCUT2D eigenvalue weighted by molar-refractivity contribution is 0.0684. The monoisotopic (exact) mass is 248 g/mol. The molecule has 0 radical (unpaired) electrons. The van der Waals surface area contributed by atoms with E-state index in [-0.39, 0.29) is 17.1 Å². The van der Waals surface area contributed by atoms with Crippen LogP contribution in [0.4, 0.5) is 5.82 Å². The molecular weight excluding hydrogens is 232 g/mol. The maximum atomic E-state index is 10.9. The van der Waals surface area contributed by atoms with Gasteiger partial charge in [-0.1, -0.05) is 20.8 Å². The Hall–Kier alpha value is -2.11. The molecule has 0 saturated heterocycles. The van der Waals surface area contributed by atoms with Crippen molar-refractivity contribution in [3.63, 3.8) is 0 Å². The lowest BCUT2D eigenvalue weighted by Crippen LogP contribution is -2.16. The van der Waals surface area contributed by atoms with E-state index in [1.165, 1.54) is 0 Å². The van der Waals surface area contributed by atoms with Gasteiger partial charge in [0, 0.05) is 6.20 Å². The van der Waals surface area contributed by atoms with Crippen molar-refractivity contribution < 1.29 is 9.90 Å². The van der Waals surface area contributed by atoms with Crippen LogP contribution in [0.5, 0.6) is 0 Å². The summed E-state index contributed by atoms with van der Waals surface area (Å²) in [5.74, 6) is -1.27. The fraction of sp³-hybridized carbons (Fsp3) is 0.417. The number of hydrogen-bond acceptors (Lipinski definition) is 4. The molecule has 0 atom stereocenters. The number of carboxylic acid groups (broad SMARTS) is 1. The molecule has 2 aromatic rings. The summed E-state index contributed by atoms with van der Waals surface area (Å²) in [4.78, 5) is 21.6. The fourth-order valence-corrected chi connectivity index (χ4v) is 1.88. The first-order valence-electron chi connectivity index (χ1n) is 5.75. The van der Waals surface area contributed by atoms with Crippen LogP contribution in [0.3, 0.4) is 0 Å². The quantitative estimate of drug-likeness (QED) is 0.769. The van der Waals surface area contributed by atoms with Gasteiger partial charge in [-0.15, -0.1) is 0 Å². The molecule has 0 unspecified atom stereocenters. The van der Waals surface area contributed by atoms with Crippen molar-refractivity contribution in [1.29, 1.82) is 0 Å². The highest BCUT2D eigenvalue weighted by Crippen LogP contribution is 2.34. The van der Waals surface area contributed by atoms with Crippen molar-refractivity contribution in [2.75, 3.05) is 5.73 Å². The van der Waals surface area contributed by atoms with Gasteiger partial charge in [-0.3, -0.25) is 0 Å². The average Bonchev–Trinajstić information content (AvgIpc) is 2.73. The molecule has 18 heavy (non-hydrogen) atoms. The van der Waals surface area contributed by atoms with Gasteiger partial charge in [0.1, 0.15) is 11.5 Å². The van der Waals surface area contributed by atoms with Crippen molar-refractivity contribution in [2.45, 2.75) is 32.6 Å². The van der Waals surface area contributed by atoms with E-state index in [1.54, 1.807) is 0 Å². The van der Waals surface area contributed by atoms with Crippen LogP contribution in [0.15, 0.2) is 6.20 Å². The molecule has 0 spiro atoms. The Morgan fingerprint density at radius 2 is 2.17 bits per heavy atom. The number of aromatic carboxylic acids is 1. The third-order valence-electron chi connectivity index (χ3n) is 3.36. The zero-order valence-electron chi connectivity index (χ0n) is 10.6. The summed E-state index contributed by atoms with van der Waals surface area (Å²) in [6.07, 6.45) is 2.75. The number of rotatable bonds is 3. The summed E-state index contributed by atoms with van der Waals surface area (Å²) < 4.78 is 0. The maximum Gasteiger partial charge on any atom is 0.374 e. The number of nitrogen functional groups attached to an aromatic ring is 1. The smallest absolute Gasteiger partial charge is 0.374 e. The molecule has 4 N–H and O–H groups in total. The number of carbonyl (C=O) groups is 1. The molecule has 2 heterocycles. The molecular formula is C12H16N4O2. The lowest BCUT2D eigenvalue weighted by atomic mass is 9.82. The van der Waals surface area contributed by atoms with E-state index >= 15 is 0 Å². The second kappa shape index (κ2) is 3.97. The molecule has 6 heteroatoms. The van der Waals surface area contributed by atoms with Crippen LogP contribution in [0.25, 0.3) is 11.0 Å². The minimum Gasteiger partial charge on any atom is -0.475 e. The Labute approximate surface area is 104 Å². The number of nitrogens with one attached hydrogen (secondary N) is 1. The van der Waals surface area contributed by atoms with Crippen molar-refractivity contribution in [2.24, 2.45) is 0 Å². The summed E-state index contributed by atoms with van der Waals surface area (Å²) >= 11 is 0. The minimum absolute atomic E-state index is 0.0690. The molecule has 2 rings (SSSR count). The zero-order valence-corrected chi connectivity index (χ0v) is 10.6. The Bertz CT molecular complexity index is 616. The van der Waals surface area contributed by atoms with Gasteiger partial charge in [0.05, 0.1) is 5.39 Å². The highest BCUT2D eigenvalue weighted by atomic mass is 16.4. The summed E-state index contributed by atoms with van der Waals surface area (Å²) in [5.41, 5.74) is 7.27. The van der Waals surface area contributed by atoms with Crippen molar-refractivity contribution in [3.8, 4) is 0 Å². The van der Waals surface area contributed by atoms with Gasteiger partial charge in [0.25, 0.3) is 0 Å². The molecule has 0 aromatic carbocycles. The SMILES string of the molecule is CCC(C)(C)c1c[nH]c2nc(C(=O)O)nc(N)c12. The first kappa shape index (κ1) is 12.3. The van der Waals surface area contributed by atoms with E-state index in [0.29, 0.717) is 11.0 Å². The van der Waals surface area contributed by atoms with Gasteiger partial charge in [0.2, 0.25) is 5.82 Å². The maximum absolute atomic E-state index is 10.9. The third kappa shape index (κ3) is 1.79. The summed E-state index contributed by atoms with van der Waals surface area (Å²) in [6, 6.07) is 0. The average molecular weight is 248 g/mol. The highest BCUT2D eigenvalue weighted by molar-refractivity contribution is 5.94. The fourth-order valence-electron chi connectivity index (χ4n) is 1.88. The number of H-pyrrole nitrogens is 1. The minimum atomic E-state index is -1.19. The van der Waals surface area contributed by atoms with E-state index in [0.717, 1.165) is 12.0 Å². The topological polar surface area (TPSA) is 105 Å². The molecule has 0 aliphatic heterocycles.